The van der Waals surface area contributed by atoms with Crippen LogP contribution >= 0.6 is 0 Å². The highest BCUT2D eigenvalue weighted by molar-refractivity contribution is 6.20. The molecule has 2 aliphatic heterocycles. The van der Waals surface area contributed by atoms with Crippen LogP contribution < -0.4 is 0 Å². The average molecular weight is 322 g/mol. The van der Waals surface area contributed by atoms with Crippen LogP contribution in [0.4, 0.5) is 0 Å². The van der Waals surface area contributed by atoms with Crippen LogP contribution in [0.2, 0.25) is 0 Å². The third-order valence-corrected chi connectivity index (χ3v) is 5.99. The second-order valence-corrected chi connectivity index (χ2v) is 7.01. The Kier molecular flexibility index (Phi) is 3.54. The maximum atomic E-state index is 13.3. The van der Waals surface area contributed by atoms with Gasteiger partial charge < -0.3 is 14.6 Å². The van der Waals surface area contributed by atoms with Crippen molar-refractivity contribution in [2.75, 3.05) is 6.61 Å². The van der Waals surface area contributed by atoms with E-state index in [1.807, 2.05) is 13.8 Å². The summed E-state index contributed by atoms with van der Waals surface area (Å²) in [5.74, 6) is -1.65. The van der Waals surface area contributed by atoms with Gasteiger partial charge in [-0.05, 0) is 20.3 Å². The number of aliphatic hydroxyl groups is 1. The quantitative estimate of drug-likeness (QED) is 0.723. The van der Waals surface area contributed by atoms with E-state index < -0.39 is 23.1 Å². The Bertz CT molecular complexity index is 635. The summed E-state index contributed by atoms with van der Waals surface area (Å²) < 4.78 is 11.0. The first-order valence-electron chi connectivity index (χ1n) is 8.04. The van der Waals surface area contributed by atoms with Gasteiger partial charge in [0.15, 0.2) is 17.5 Å². The number of rotatable bonds is 1. The molecule has 3 aliphatic rings. The summed E-state index contributed by atoms with van der Waals surface area (Å²) in [6, 6.07) is 0. The number of esters is 1. The Morgan fingerprint density at radius 2 is 1.87 bits per heavy atom. The lowest BCUT2D eigenvalue weighted by Crippen LogP contribution is -2.62. The van der Waals surface area contributed by atoms with Gasteiger partial charge in [0.05, 0.1) is 18.1 Å². The molecule has 2 heterocycles. The zero-order chi connectivity index (χ0) is 17.2. The lowest BCUT2D eigenvalue weighted by atomic mass is 9.57. The predicted octanol–water partition coefficient (Wildman–Crippen LogP) is 0.952. The van der Waals surface area contributed by atoms with Gasteiger partial charge in [0.2, 0.25) is 5.78 Å². The fraction of sp³-hybridized carbons (Fsp3) is 0.706. The molecule has 23 heavy (non-hydrogen) atoms. The zero-order valence-electron chi connectivity index (χ0n) is 13.8. The largest absolute Gasteiger partial charge is 0.448 e. The molecule has 1 saturated heterocycles. The fourth-order valence-electron chi connectivity index (χ4n) is 4.02. The molecule has 1 N–H and O–H groups in total. The van der Waals surface area contributed by atoms with E-state index in [1.165, 1.54) is 0 Å². The van der Waals surface area contributed by atoms with Crippen molar-refractivity contribution in [3.05, 3.63) is 11.1 Å². The first kappa shape index (κ1) is 16.3. The Hall–Kier alpha value is -1.53. The second kappa shape index (κ2) is 4.98. The van der Waals surface area contributed by atoms with Gasteiger partial charge in [0, 0.05) is 23.5 Å². The van der Waals surface area contributed by atoms with Crippen LogP contribution in [0.5, 0.6) is 0 Å². The molecule has 0 aromatic carbocycles. The first-order chi connectivity index (χ1) is 10.7. The molecule has 3 rings (SSSR count). The monoisotopic (exact) mass is 322 g/mol. The van der Waals surface area contributed by atoms with E-state index in [4.69, 9.17) is 9.47 Å². The minimum absolute atomic E-state index is 0.105. The van der Waals surface area contributed by atoms with Gasteiger partial charge in [-0.15, -0.1) is 0 Å². The van der Waals surface area contributed by atoms with Gasteiger partial charge >= 0.3 is 5.97 Å². The second-order valence-electron chi connectivity index (χ2n) is 7.01. The molecule has 1 fully saturated rings. The van der Waals surface area contributed by atoms with Crippen LogP contribution in [0.15, 0.2) is 11.1 Å². The molecular weight excluding hydrogens is 300 g/mol. The van der Waals surface area contributed by atoms with Crippen molar-refractivity contribution in [3.8, 4) is 0 Å². The number of Topliss-reactive ketones (excluding diaryl/α,β-unsaturated/α-hetero) is 2. The van der Waals surface area contributed by atoms with Crippen molar-refractivity contribution in [2.24, 2.45) is 11.3 Å². The third-order valence-electron chi connectivity index (χ3n) is 5.99. The van der Waals surface area contributed by atoms with Crippen LogP contribution in [-0.2, 0) is 23.9 Å². The van der Waals surface area contributed by atoms with Crippen LogP contribution in [0.1, 0.15) is 40.5 Å². The van der Waals surface area contributed by atoms with Crippen LogP contribution in [-0.4, -0.2) is 47.1 Å². The topological polar surface area (TPSA) is 89.9 Å². The number of aliphatic hydroxyl groups excluding tert-OH is 1. The Labute approximate surface area is 134 Å². The number of hydrogen-bond acceptors (Lipinski definition) is 6. The van der Waals surface area contributed by atoms with E-state index in [1.54, 1.807) is 13.8 Å². The molecule has 0 unspecified atom stereocenters. The molecule has 0 radical (unpaired) electrons. The molecule has 0 aromatic heterocycles. The molecule has 6 heteroatoms. The van der Waals surface area contributed by atoms with Crippen molar-refractivity contribution in [2.45, 2.75) is 58.3 Å². The van der Waals surface area contributed by atoms with Gasteiger partial charge in [0.25, 0.3) is 0 Å². The molecule has 0 bridgehead atoms. The van der Waals surface area contributed by atoms with E-state index in [0.717, 1.165) is 0 Å². The highest BCUT2D eigenvalue weighted by atomic mass is 16.6. The molecule has 5 atom stereocenters. The number of carbonyl (C=O) groups is 3. The van der Waals surface area contributed by atoms with Gasteiger partial charge in [-0.25, -0.2) is 4.79 Å². The van der Waals surface area contributed by atoms with Gasteiger partial charge in [-0.1, -0.05) is 13.8 Å². The standard InChI is InChI=1S/C17H22O6/c1-5-16(4)13(19)10-7-22-9(3)8(2)12(10)14(20)17(16)6-11(18)15(21)23-17/h8-9,11,18H,5-7H2,1-4H3/t8-,9+,11-,16+,17-/m1/s1. The molecule has 0 aromatic rings. The number of ketones is 2. The molecule has 6 nitrogen and oxygen atoms in total. The van der Waals surface area contributed by atoms with Gasteiger partial charge in [0.1, 0.15) is 0 Å². The highest BCUT2D eigenvalue weighted by Crippen LogP contribution is 2.53. The van der Waals surface area contributed by atoms with Crippen LogP contribution in [0.25, 0.3) is 0 Å². The fourth-order valence-corrected chi connectivity index (χ4v) is 4.02. The molecule has 1 aliphatic carbocycles. The summed E-state index contributed by atoms with van der Waals surface area (Å²) in [5, 5.41) is 9.88. The number of hydrogen-bond donors (Lipinski definition) is 1. The summed E-state index contributed by atoms with van der Waals surface area (Å²) in [5.41, 5.74) is -1.98. The van der Waals surface area contributed by atoms with E-state index >= 15 is 0 Å². The van der Waals surface area contributed by atoms with E-state index in [2.05, 4.69) is 0 Å². The number of carbonyl (C=O) groups excluding carboxylic acids is 3. The zero-order valence-corrected chi connectivity index (χ0v) is 13.8. The molecule has 126 valence electrons. The lowest BCUT2D eigenvalue weighted by molar-refractivity contribution is -0.176. The highest BCUT2D eigenvalue weighted by Gasteiger charge is 2.68. The first-order valence-corrected chi connectivity index (χ1v) is 8.04. The summed E-state index contributed by atoms with van der Waals surface area (Å²) in [6.45, 7) is 7.22. The van der Waals surface area contributed by atoms with Crippen molar-refractivity contribution in [1.82, 2.24) is 0 Å². The van der Waals surface area contributed by atoms with E-state index in [-0.39, 0.29) is 36.6 Å². The molecule has 1 spiro atoms. The van der Waals surface area contributed by atoms with Crippen molar-refractivity contribution >= 4 is 17.5 Å². The average Bonchev–Trinajstić information content (AvgIpc) is 2.83. The smallest absolute Gasteiger partial charge is 0.336 e. The van der Waals surface area contributed by atoms with E-state index in [9.17, 15) is 19.5 Å². The van der Waals surface area contributed by atoms with Crippen LogP contribution in [0, 0.1) is 11.3 Å². The summed E-state index contributed by atoms with van der Waals surface area (Å²) in [4.78, 5) is 38.3. The van der Waals surface area contributed by atoms with Crippen molar-refractivity contribution < 1.29 is 29.0 Å². The molecule has 0 amide bonds. The summed E-state index contributed by atoms with van der Waals surface area (Å²) in [7, 11) is 0. The Balaban J connectivity index is 2.22. The Morgan fingerprint density at radius 1 is 1.22 bits per heavy atom. The maximum Gasteiger partial charge on any atom is 0.336 e. The van der Waals surface area contributed by atoms with Gasteiger partial charge in [-0.2, -0.15) is 0 Å². The lowest BCUT2D eigenvalue weighted by Gasteiger charge is -2.48. The van der Waals surface area contributed by atoms with E-state index in [0.29, 0.717) is 17.6 Å². The SMILES string of the molecule is CC[C@@]1(C)C(=O)C2=C(C(=O)[C@]13C[C@@H](O)C(=O)O3)[C@H](C)[C@H](C)OC2. The molecule has 0 saturated carbocycles. The van der Waals surface area contributed by atoms with Gasteiger partial charge in [-0.3, -0.25) is 9.59 Å². The minimum atomic E-state index is -1.60. The Morgan fingerprint density at radius 3 is 2.39 bits per heavy atom. The minimum Gasteiger partial charge on any atom is -0.448 e. The van der Waals surface area contributed by atoms with Crippen molar-refractivity contribution in [1.29, 1.82) is 0 Å². The number of ether oxygens (including phenoxy) is 2. The van der Waals surface area contributed by atoms with Crippen molar-refractivity contribution in [3.63, 3.8) is 0 Å². The normalized spacial score (nSPS) is 43.9. The molecular formula is C17H22O6. The summed E-state index contributed by atoms with van der Waals surface area (Å²) in [6.07, 6.45) is -1.40. The maximum absolute atomic E-state index is 13.3. The van der Waals surface area contributed by atoms with Crippen LogP contribution in [0.3, 0.4) is 0 Å². The summed E-state index contributed by atoms with van der Waals surface area (Å²) >= 11 is 0. The predicted molar refractivity (Wildman–Crippen MR) is 79.5 cm³/mol. The third kappa shape index (κ3) is 1.85.